The molecule has 2 aromatic rings. The topological polar surface area (TPSA) is 189 Å². The number of rotatable bonds is 3. The molecule has 2 radical (unpaired) electrons. The van der Waals surface area contributed by atoms with Gasteiger partial charge < -0.3 is 5.73 Å². The van der Waals surface area contributed by atoms with E-state index in [4.69, 9.17) is 14.8 Å². The van der Waals surface area contributed by atoms with Crippen molar-refractivity contribution in [3.63, 3.8) is 0 Å². The van der Waals surface area contributed by atoms with E-state index in [1.165, 1.54) is 0 Å². The first-order valence-corrected chi connectivity index (χ1v) is 9.83. The van der Waals surface area contributed by atoms with Crippen LogP contribution in [-0.4, -0.2) is 98.0 Å². The summed E-state index contributed by atoms with van der Waals surface area (Å²) < 4.78 is 94.8. The van der Waals surface area contributed by atoms with Crippen LogP contribution in [0.1, 0.15) is 0 Å². The Kier molecular flexibility index (Phi) is 8.15. The van der Waals surface area contributed by atoms with Crippen molar-refractivity contribution in [3.8, 4) is 0 Å². The van der Waals surface area contributed by atoms with Crippen LogP contribution in [0.25, 0.3) is 10.8 Å². The smallest absolute Gasteiger partial charge is 0.296 e. The largest absolute Gasteiger partial charge is 0.398 e. The van der Waals surface area contributed by atoms with E-state index in [0.29, 0.717) is 12.1 Å². The number of hydrogen-bond donors (Lipinski definition) is 4. The molecule has 0 aliphatic rings. The Labute approximate surface area is 187 Å². The summed E-state index contributed by atoms with van der Waals surface area (Å²) in [6, 6.07) is 2.78. The molecule has 2 aromatic carbocycles. The van der Waals surface area contributed by atoms with E-state index in [-0.39, 0.29) is 69.9 Å². The minimum Gasteiger partial charge on any atom is -0.398 e. The maximum atomic E-state index is 11.4. The standard InChI is InChI=1S/C10H9NO9S3.2Na/c11-8-4-7-5(2-10(8)23(18,19)20)1-6(21(12,13)14)3-9(7)22(15,16)17;;/h1-4H,11H2,(H,12,13,14)(H,15,16,17)(H,18,19,20);;. The summed E-state index contributed by atoms with van der Waals surface area (Å²) in [6.45, 7) is 0. The molecule has 0 saturated carbocycles. The Morgan fingerprint density at radius 2 is 1.16 bits per heavy atom. The Morgan fingerprint density at radius 1 is 0.680 bits per heavy atom. The maximum absolute atomic E-state index is 11.4. The average Bonchev–Trinajstić information content (AvgIpc) is 2.32. The van der Waals surface area contributed by atoms with Crippen molar-refractivity contribution >= 4 is 106 Å². The van der Waals surface area contributed by atoms with Gasteiger partial charge in [0.15, 0.2) is 0 Å². The Hall–Kier alpha value is 0.230. The van der Waals surface area contributed by atoms with E-state index in [2.05, 4.69) is 0 Å². The van der Waals surface area contributed by atoms with Crippen molar-refractivity contribution in [2.24, 2.45) is 0 Å². The van der Waals surface area contributed by atoms with Crippen LogP contribution >= 0.6 is 0 Å². The molecule has 0 atom stereocenters. The molecule has 128 valence electrons. The number of nitrogens with two attached hydrogens (primary N) is 1. The van der Waals surface area contributed by atoms with Crippen molar-refractivity contribution in [2.75, 3.05) is 5.73 Å². The molecule has 0 fully saturated rings. The third kappa shape index (κ3) is 5.60. The molecule has 0 amide bonds. The number of hydrogen-bond acceptors (Lipinski definition) is 7. The van der Waals surface area contributed by atoms with Crippen LogP contribution < -0.4 is 5.73 Å². The molecule has 0 saturated heterocycles. The van der Waals surface area contributed by atoms with E-state index in [1.807, 2.05) is 0 Å². The van der Waals surface area contributed by atoms with Crippen LogP contribution in [0.4, 0.5) is 5.69 Å². The van der Waals surface area contributed by atoms with Crippen LogP contribution in [0.15, 0.2) is 39.0 Å². The summed E-state index contributed by atoms with van der Waals surface area (Å²) in [5.41, 5.74) is 4.90. The first kappa shape index (κ1) is 25.2. The Morgan fingerprint density at radius 3 is 1.56 bits per heavy atom. The molecule has 0 bridgehead atoms. The van der Waals surface area contributed by atoms with E-state index < -0.39 is 50.7 Å². The van der Waals surface area contributed by atoms with Crippen LogP contribution in [0.3, 0.4) is 0 Å². The summed E-state index contributed by atoms with van der Waals surface area (Å²) in [5.74, 6) is 0. The average molecular weight is 429 g/mol. The molecule has 5 N–H and O–H groups in total. The molecule has 0 heterocycles. The zero-order chi connectivity index (χ0) is 17.8. The fourth-order valence-corrected chi connectivity index (χ4v) is 3.91. The van der Waals surface area contributed by atoms with Gasteiger partial charge in [0.05, 0.1) is 10.6 Å². The third-order valence-electron chi connectivity index (χ3n) is 2.87. The van der Waals surface area contributed by atoms with Gasteiger partial charge in [0, 0.05) is 64.5 Å². The SMILES string of the molecule is Nc1cc2c(S(=O)(=O)O)cc(S(=O)(=O)O)cc2cc1S(=O)(=O)O.[Na].[Na]. The predicted octanol–water partition coefficient (Wildman–Crippen LogP) is -0.599. The second-order valence-electron chi connectivity index (χ2n) is 4.46. The van der Waals surface area contributed by atoms with E-state index >= 15 is 0 Å². The quantitative estimate of drug-likeness (QED) is 0.278. The van der Waals surface area contributed by atoms with Gasteiger partial charge in [0.1, 0.15) is 9.79 Å². The zero-order valence-corrected chi connectivity index (χ0v) is 19.4. The molecule has 0 aliphatic carbocycles. The molecule has 0 spiro atoms. The summed E-state index contributed by atoms with van der Waals surface area (Å²) in [5, 5.41) is -0.612. The number of benzene rings is 2. The van der Waals surface area contributed by atoms with Gasteiger partial charge in [0.25, 0.3) is 30.4 Å². The van der Waals surface area contributed by atoms with Crippen molar-refractivity contribution in [1.29, 1.82) is 0 Å². The molecule has 2 rings (SSSR count). The number of fused-ring (bicyclic) bond motifs is 1. The van der Waals surface area contributed by atoms with Gasteiger partial charge in [-0.3, -0.25) is 13.7 Å². The first-order chi connectivity index (χ1) is 10.2. The molecule has 0 unspecified atom stereocenters. The van der Waals surface area contributed by atoms with E-state index in [1.54, 1.807) is 0 Å². The molecular formula is C10H9NNa2O9S3. The van der Waals surface area contributed by atoms with Crippen molar-refractivity contribution in [1.82, 2.24) is 0 Å². The second-order valence-corrected chi connectivity index (χ2v) is 8.66. The van der Waals surface area contributed by atoms with Crippen molar-refractivity contribution < 1.29 is 38.9 Å². The summed E-state index contributed by atoms with van der Waals surface area (Å²) in [4.78, 5) is -2.60. The van der Waals surface area contributed by atoms with Crippen LogP contribution in [0.5, 0.6) is 0 Å². The predicted molar refractivity (Wildman–Crippen MR) is 89.3 cm³/mol. The van der Waals surface area contributed by atoms with Crippen molar-refractivity contribution in [3.05, 3.63) is 24.3 Å². The fourth-order valence-electron chi connectivity index (χ4n) is 1.93. The van der Waals surface area contributed by atoms with Crippen LogP contribution in [0, 0.1) is 0 Å². The molecular weight excluding hydrogens is 420 g/mol. The molecule has 0 aliphatic heterocycles. The summed E-state index contributed by atoms with van der Waals surface area (Å²) in [6.07, 6.45) is 0. The van der Waals surface area contributed by atoms with E-state index in [0.717, 1.165) is 12.1 Å². The minimum absolute atomic E-state index is 0. The molecule has 15 heteroatoms. The second kappa shape index (κ2) is 8.08. The molecule has 0 aromatic heterocycles. The fraction of sp³-hybridized carbons (Fsp3) is 0. The molecule has 25 heavy (non-hydrogen) atoms. The van der Waals surface area contributed by atoms with Gasteiger partial charge in [-0.2, -0.15) is 25.3 Å². The van der Waals surface area contributed by atoms with E-state index in [9.17, 15) is 29.8 Å². The van der Waals surface area contributed by atoms with Crippen LogP contribution in [0.2, 0.25) is 0 Å². The van der Waals surface area contributed by atoms with Gasteiger partial charge in [-0.25, -0.2) is 0 Å². The monoisotopic (exact) mass is 429 g/mol. The number of anilines is 1. The Bertz CT molecular complexity index is 1140. The molecule has 10 nitrogen and oxygen atoms in total. The summed E-state index contributed by atoms with van der Waals surface area (Å²) in [7, 11) is -14.5. The van der Waals surface area contributed by atoms with Gasteiger partial charge >= 0.3 is 0 Å². The van der Waals surface area contributed by atoms with Gasteiger partial charge in [0.2, 0.25) is 0 Å². The van der Waals surface area contributed by atoms with Crippen LogP contribution in [-0.2, 0) is 30.4 Å². The first-order valence-electron chi connectivity index (χ1n) is 5.51. The van der Waals surface area contributed by atoms with Gasteiger partial charge in [-0.15, -0.1) is 0 Å². The zero-order valence-electron chi connectivity index (χ0n) is 12.9. The maximum Gasteiger partial charge on any atom is 0.296 e. The van der Waals surface area contributed by atoms with Crippen molar-refractivity contribution in [2.45, 2.75) is 14.7 Å². The third-order valence-corrected chi connectivity index (χ3v) is 5.51. The number of nitrogen functional groups attached to an aromatic ring is 1. The Balaban J connectivity index is 0.00000288. The normalized spacial score (nSPS) is 12.3. The minimum atomic E-state index is -4.92. The van der Waals surface area contributed by atoms with Gasteiger partial charge in [-0.1, -0.05) is 0 Å². The summed E-state index contributed by atoms with van der Waals surface area (Å²) >= 11 is 0. The van der Waals surface area contributed by atoms with Gasteiger partial charge in [-0.05, 0) is 29.7 Å².